The first-order valence-electron chi connectivity index (χ1n) is 18.1. The summed E-state index contributed by atoms with van der Waals surface area (Å²) in [4.78, 5) is 11.3. The highest BCUT2D eigenvalue weighted by molar-refractivity contribution is 7.21. The molecule has 6 atom stereocenters. The first-order valence-corrected chi connectivity index (χ1v) is 18.9. The molecule has 51 heavy (non-hydrogen) atoms. The van der Waals surface area contributed by atoms with E-state index < -0.39 is 0 Å². The predicted octanol–water partition coefficient (Wildman–Crippen LogP) is 11.1. The van der Waals surface area contributed by atoms with Crippen LogP contribution in [0, 0.1) is 5.92 Å². The molecule has 5 heteroatoms. The molecular weight excluding hydrogens is 641 g/mol. The number of para-hydroxylation sites is 1. The second kappa shape index (κ2) is 11.4. The summed E-state index contributed by atoms with van der Waals surface area (Å²) in [5.74, 6) is 1.03. The quantitative estimate of drug-likeness (QED) is 0.206. The van der Waals surface area contributed by atoms with Gasteiger partial charge in [0.1, 0.15) is 6.17 Å². The maximum atomic E-state index is 4.99. The van der Waals surface area contributed by atoms with E-state index in [9.17, 15) is 0 Å². The van der Waals surface area contributed by atoms with Crippen LogP contribution >= 0.6 is 11.3 Å². The van der Waals surface area contributed by atoms with E-state index in [2.05, 4.69) is 179 Å². The Balaban J connectivity index is 0.936. The van der Waals surface area contributed by atoms with Crippen LogP contribution in [-0.2, 0) is 0 Å². The van der Waals surface area contributed by atoms with Crippen molar-refractivity contribution in [1.29, 1.82) is 0 Å². The SMILES string of the molecule is C1=CC2C3=C(C=CC(c4ccc5c(c4)N(c4cccc(C6N=Cc7sc8ccccc8c7N6)c4)C4C=CC=CC54)C3)N(c3ccccc3)C2C=C1. The molecule has 0 saturated carbocycles. The van der Waals surface area contributed by atoms with Gasteiger partial charge < -0.3 is 15.1 Å². The van der Waals surface area contributed by atoms with Gasteiger partial charge in [-0.15, -0.1) is 11.3 Å². The van der Waals surface area contributed by atoms with E-state index in [0.29, 0.717) is 23.8 Å². The Labute approximate surface area is 302 Å². The number of fused-ring (bicyclic) bond motifs is 8. The van der Waals surface area contributed by atoms with Gasteiger partial charge in [0.2, 0.25) is 0 Å². The predicted molar refractivity (Wildman–Crippen MR) is 214 cm³/mol. The zero-order valence-electron chi connectivity index (χ0n) is 28.0. The lowest BCUT2D eigenvalue weighted by atomic mass is 9.80. The molecule has 4 heterocycles. The van der Waals surface area contributed by atoms with Crippen LogP contribution in [0.4, 0.5) is 22.7 Å². The number of nitrogens with zero attached hydrogens (tertiary/aromatic N) is 3. The highest BCUT2D eigenvalue weighted by Crippen LogP contribution is 2.52. The number of allylic oxidation sites excluding steroid dienone is 6. The summed E-state index contributed by atoms with van der Waals surface area (Å²) >= 11 is 1.80. The maximum Gasteiger partial charge on any atom is 0.144 e. The zero-order chi connectivity index (χ0) is 33.5. The lowest BCUT2D eigenvalue weighted by Crippen LogP contribution is -2.32. The molecule has 4 aromatic carbocycles. The lowest BCUT2D eigenvalue weighted by molar-refractivity contribution is 0.644. The van der Waals surface area contributed by atoms with Crippen LogP contribution in [-0.4, -0.2) is 18.3 Å². The smallest absolute Gasteiger partial charge is 0.144 e. The molecule has 0 radical (unpaired) electrons. The summed E-state index contributed by atoms with van der Waals surface area (Å²) < 4.78 is 1.29. The van der Waals surface area contributed by atoms with Gasteiger partial charge in [0, 0.05) is 56.8 Å². The molecule has 4 nitrogen and oxygen atoms in total. The van der Waals surface area contributed by atoms with E-state index in [1.807, 2.05) is 0 Å². The van der Waals surface area contributed by atoms with Crippen LogP contribution < -0.4 is 15.1 Å². The third kappa shape index (κ3) is 4.54. The second-order valence-electron chi connectivity index (χ2n) is 14.3. The molecule has 6 unspecified atom stereocenters. The Kier molecular flexibility index (Phi) is 6.53. The van der Waals surface area contributed by atoms with E-state index >= 15 is 0 Å². The Morgan fingerprint density at radius 2 is 1.45 bits per heavy atom. The number of thiophene rings is 1. The van der Waals surface area contributed by atoms with Crippen molar-refractivity contribution in [2.24, 2.45) is 10.9 Å². The monoisotopic (exact) mass is 676 g/mol. The van der Waals surface area contributed by atoms with E-state index in [0.717, 1.165) is 6.42 Å². The van der Waals surface area contributed by atoms with Crippen LogP contribution in [0.2, 0.25) is 0 Å². The molecule has 1 aromatic heterocycles. The Bertz CT molecular complexity index is 2440. The number of benzene rings is 4. The highest BCUT2D eigenvalue weighted by Gasteiger charge is 2.42. The minimum atomic E-state index is -0.134. The molecule has 3 aliphatic carbocycles. The van der Waals surface area contributed by atoms with Gasteiger partial charge in [-0.2, -0.15) is 0 Å². The summed E-state index contributed by atoms with van der Waals surface area (Å²) in [5, 5.41) is 5.05. The topological polar surface area (TPSA) is 30.9 Å². The van der Waals surface area contributed by atoms with Crippen molar-refractivity contribution in [3.8, 4) is 0 Å². The second-order valence-corrected chi connectivity index (χ2v) is 15.4. The third-order valence-electron chi connectivity index (χ3n) is 11.6. The number of nitrogens with one attached hydrogen (secondary N) is 1. The van der Waals surface area contributed by atoms with Crippen LogP contribution in [0.5, 0.6) is 0 Å². The first kappa shape index (κ1) is 29.1. The van der Waals surface area contributed by atoms with E-state index in [1.165, 1.54) is 60.1 Å². The minimum absolute atomic E-state index is 0.134. The summed E-state index contributed by atoms with van der Waals surface area (Å²) in [7, 11) is 0. The largest absolute Gasteiger partial charge is 0.358 e. The number of hydrogen-bond donors (Lipinski definition) is 1. The first-order chi connectivity index (χ1) is 25.3. The average Bonchev–Trinajstić information content (AvgIpc) is 3.85. The Morgan fingerprint density at radius 3 is 2.35 bits per heavy atom. The number of aliphatic imine (C=N–C) groups is 1. The van der Waals surface area contributed by atoms with Crippen LogP contribution in [0.15, 0.2) is 174 Å². The summed E-state index contributed by atoms with van der Waals surface area (Å²) in [6.45, 7) is 0. The van der Waals surface area contributed by atoms with Gasteiger partial charge in [0.25, 0.3) is 0 Å². The lowest BCUT2D eigenvalue weighted by Gasteiger charge is -2.30. The Hall–Kier alpha value is -5.65. The van der Waals surface area contributed by atoms with E-state index in [1.54, 1.807) is 16.9 Å². The zero-order valence-corrected chi connectivity index (χ0v) is 28.8. The van der Waals surface area contributed by atoms with Crippen molar-refractivity contribution in [2.45, 2.75) is 36.5 Å². The highest BCUT2D eigenvalue weighted by atomic mass is 32.1. The molecule has 6 aliphatic rings. The van der Waals surface area contributed by atoms with Crippen molar-refractivity contribution in [1.82, 2.24) is 0 Å². The van der Waals surface area contributed by atoms with E-state index in [4.69, 9.17) is 4.99 Å². The third-order valence-corrected chi connectivity index (χ3v) is 12.7. The van der Waals surface area contributed by atoms with Gasteiger partial charge in [0.15, 0.2) is 0 Å². The Morgan fingerprint density at radius 1 is 0.667 bits per heavy atom. The van der Waals surface area contributed by atoms with Crippen molar-refractivity contribution < 1.29 is 0 Å². The van der Waals surface area contributed by atoms with Crippen LogP contribution in [0.1, 0.15) is 46.0 Å². The van der Waals surface area contributed by atoms with Gasteiger partial charge in [-0.3, -0.25) is 4.99 Å². The van der Waals surface area contributed by atoms with Gasteiger partial charge >= 0.3 is 0 Å². The molecule has 11 rings (SSSR count). The molecule has 0 spiro atoms. The number of anilines is 4. The van der Waals surface area contributed by atoms with Crippen molar-refractivity contribution in [3.63, 3.8) is 0 Å². The number of hydrogen-bond acceptors (Lipinski definition) is 5. The fourth-order valence-electron chi connectivity index (χ4n) is 9.24. The van der Waals surface area contributed by atoms with Gasteiger partial charge in [0.05, 0.1) is 22.6 Å². The van der Waals surface area contributed by atoms with Gasteiger partial charge in [-0.25, -0.2) is 0 Å². The van der Waals surface area contributed by atoms with Crippen LogP contribution in [0.3, 0.4) is 0 Å². The molecule has 1 N–H and O–H groups in total. The van der Waals surface area contributed by atoms with Crippen molar-refractivity contribution in [3.05, 3.63) is 191 Å². The summed E-state index contributed by atoms with van der Waals surface area (Å²) in [6.07, 6.45) is 26.2. The van der Waals surface area contributed by atoms with E-state index in [-0.39, 0.29) is 12.2 Å². The average molecular weight is 677 g/mol. The minimum Gasteiger partial charge on any atom is -0.358 e. The molecule has 5 aromatic rings. The van der Waals surface area contributed by atoms with Crippen molar-refractivity contribution >= 4 is 50.4 Å². The number of rotatable bonds is 4. The summed E-state index contributed by atoms with van der Waals surface area (Å²) in [6, 6.07) is 36.4. The normalized spacial score (nSPS) is 26.3. The maximum absolute atomic E-state index is 4.99. The molecular formula is C46H36N4S. The molecule has 246 valence electrons. The van der Waals surface area contributed by atoms with Gasteiger partial charge in [-0.1, -0.05) is 115 Å². The van der Waals surface area contributed by atoms with Gasteiger partial charge in [-0.05, 0) is 71.2 Å². The van der Waals surface area contributed by atoms with Crippen LogP contribution in [0.25, 0.3) is 10.1 Å². The molecule has 0 fully saturated rings. The fourth-order valence-corrected chi connectivity index (χ4v) is 10.3. The molecule has 0 saturated heterocycles. The van der Waals surface area contributed by atoms with Crippen molar-refractivity contribution in [2.75, 3.05) is 15.1 Å². The molecule has 0 bridgehead atoms. The standard InChI is InChI=1S/C46H36N4S/c1-2-12-32(13-3-1)49-40-19-8-5-16-35(40)38-26-29(22-24-41(38)49)30-21-23-36-34-15-4-7-18-39(34)50(42(36)27-30)33-14-10-11-31(25-33)46-47-28-44-45(48-46)37-17-6-9-20-43(37)51-44/h1-25,27-29,34-35,39-40,46,48H,26H2. The molecule has 0 amide bonds. The summed E-state index contributed by atoms with van der Waals surface area (Å²) in [5.41, 5.74) is 11.8. The molecule has 3 aliphatic heterocycles. The fraction of sp³-hybridized carbons (Fsp3) is 0.152.